The summed E-state index contributed by atoms with van der Waals surface area (Å²) in [5.41, 5.74) is 0.669. The van der Waals surface area contributed by atoms with E-state index in [1.165, 1.54) is 6.07 Å². The van der Waals surface area contributed by atoms with E-state index in [0.717, 1.165) is 4.47 Å². The van der Waals surface area contributed by atoms with E-state index < -0.39 is 0 Å². The second kappa shape index (κ2) is 6.58. The molecule has 16 heavy (non-hydrogen) atoms. The molecule has 0 bridgehead atoms. The molecule has 0 aliphatic heterocycles. The lowest BCUT2D eigenvalue weighted by Crippen LogP contribution is -2.32. The maximum absolute atomic E-state index is 13.4. The highest BCUT2D eigenvalue weighted by atomic mass is 79.9. The summed E-state index contributed by atoms with van der Waals surface area (Å²) in [6.45, 7) is 4.65. The first kappa shape index (κ1) is 13.9. The van der Waals surface area contributed by atoms with Crippen LogP contribution < -0.4 is 5.32 Å². The zero-order valence-corrected chi connectivity index (χ0v) is 11.8. The van der Waals surface area contributed by atoms with E-state index in [1.54, 1.807) is 12.1 Å². The third-order valence-corrected chi connectivity index (χ3v) is 3.70. The van der Waals surface area contributed by atoms with E-state index in [9.17, 15) is 4.39 Å². The fourth-order valence-electron chi connectivity index (χ4n) is 1.28. The summed E-state index contributed by atoms with van der Waals surface area (Å²) in [4.78, 5) is 0. The number of benzene rings is 1. The van der Waals surface area contributed by atoms with Gasteiger partial charge in [0.1, 0.15) is 5.82 Å². The number of halogens is 3. The first-order valence-electron chi connectivity index (χ1n) is 5.28. The molecule has 1 N–H and O–H groups in total. The van der Waals surface area contributed by atoms with Gasteiger partial charge in [0.15, 0.2) is 0 Å². The van der Waals surface area contributed by atoms with Crippen LogP contribution in [0.25, 0.3) is 0 Å². The molecule has 90 valence electrons. The number of alkyl halides is 1. The Bertz CT molecular complexity index is 346. The summed E-state index contributed by atoms with van der Waals surface area (Å²) in [6, 6.07) is 5.23. The van der Waals surface area contributed by atoms with Gasteiger partial charge in [-0.15, -0.1) is 11.6 Å². The molecular weight excluding hydrogens is 292 g/mol. The van der Waals surface area contributed by atoms with Crippen molar-refractivity contribution in [2.24, 2.45) is 5.92 Å². The molecule has 0 fully saturated rings. The highest BCUT2D eigenvalue weighted by Gasteiger charge is 2.11. The van der Waals surface area contributed by atoms with Crippen LogP contribution in [0, 0.1) is 11.7 Å². The molecule has 1 nitrogen and oxygen atoms in total. The maximum Gasteiger partial charge on any atom is 0.127 e. The number of hydrogen-bond donors (Lipinski definition) is 1. The molecule has 2 atom stereocenters. The van der Waals surface area contributed by atoms with Gasteiger partial charge in [-0.2, -0.15) is 0 Å². The number of hydrogen-bond acceptors (Lipinski definition) is 1. The Hall–Kier alpha value is -0.120. The quantitative estimate of drug-likeness (QED) is 0.812. The second-order valence-electron chi connectivity index (χ2n) is 4.04. The molecule has 0 aromatic heterocycles. The van der Waals surface area contributed by atoms with Crippen molar-refractivity contribution in [3.05, 3.63) is 34.1 Å². The van der Waals surface area contributed by atoms with Gasteiger partial charge in [-0.1, -0.05) is 22.9 Å². The van der Waals surface area contributed by atoms with Gasteiger partial charge >= 0.3 is 0 Å². The molecule has 0 saturated heterocycles. The third kappa shape index (κ3) is 4.04. The minimum Gasteiger partial charge on any atom is -0.310 e. The maximum atomic E-state index is 13.4. The predicted molar refractivity (Wildman–Crippen MR) is 70.3 cm³/mol. The van der Waals surface area contributed by atoms with Crippen molar-refractivity contribution in [2.75, 3.05) is 5.88 Å². The molecule has 0 saturated carbocycles. The average molecular weight is 309 g/mol. The Morgan fingerprint density at radius 3 is 2.75 bits per heavy atom. The zero-order chi connectivity index (χ0) is 12.1. The minimum atomic E-state index is -0.179. The van der Waals surface area contributed by atoms with E-state index in [4.69, 9.17) is 11.6 Å². The van der Waals surface area contributed by atoms with Crippen molar-refractivity contribution >= 4 is 27.5 Å². The van der Waals surface area contributed by atoms with Crippen LogP contribution in [0.15, 0.2) is 22.7 Å². The van der Waals surface area contributed by atoms with Crippen LogP contribution in [0.5, 0.6) is 0 Å². The fraction of sp³-hybridized carbons (Fsp3) is 0.500. The van der Waals surface area contributed by atoms with Crippen LogP contribution in [-0.2, 0) is 6.54 Å². The van der Waals surface area contributed by atoms with Gasteiger partial charge in [0.2, 0.25) is 0 Å². The topological polar surface area (TPSA) is 12.0 Å². The predicted octanol–water partition coefficient (Wildman–Crippen LogP) is 3.94. The van der Waals surface area contributed by atoms with E-state index in [-0.39, 0.29) is 11.9 Å². The molecular formula is C12H16BrClFN. The lowest BCUT2D eigenvalue weighted by molar-refractivity contribution is 0.425. The molecule has 4 heteroatoms. The molecule has 0 radical (unpaired) electrons. The summed E-state index contributed by atoms with van der Waals surface area (Å²) in [5, 5.41) is 3.27. The first-order valence-corrected chi connectivity index (χ1v) is 6.60. The zero-order valence-electron chi connectivity index (χ0n) is 9.43. The van der Waals surface area contributed by atoms with Crippen LogP contribution >= 0.6 is 27.5 Å². The monoisotopic (exact) mass is 307 g/mol. The molecule has 0 spiro atoms. The van der Waals surface area contributed by atoms with Gasteiger partial charge in [-0.05, 0) is 31.0 Å². The van der Waals surface area contributed by atoms with Gasteiger partial charge in [0.25, 0.3) is 0 Å². The van der Waals surface area contributed by atoms with E-state index in [1.807, 2.05) is 0 Å². The summed E-state index contributed by atoms with van der Waals surface area (Å²) < 4.78 is 14.3. The third-order valence-electron chi connectivity index (χ3n) is 2.72. The fourth-order valence-corrected chi connectivity index (χ4v) is 1.96. The molecule has 1 rings (SSSR count). The van der Waals surface area contributed by atoms with Crippen molar-refractivity contribution in [3.8, 4) is 0 Å². The largest absolute Gasteiger partial charge is 0.310 e. The summed E-state index contributed by atoms with van der Waals surface area (Å²) >= 11 is 9.09. The highest BCUT2D eigenvalue weighted by molar-refractivity contribution is 9.10. The van der Waals surface area contributed by atoms with Gasteiger partial charge in [0.05, 0.1) is 0 Å². The Kier molecular flexibility index (Phi) is 5.73. The van der Waals surface area contributed by atoms with Crippen molar-refractivity contribution in [2.45, 2.75) is 26.4 Å². The molecule has 0 amide bonds. The van der Waals surface area contributed by atoms with Gasteiger partial charge in [-0.3, -0.25) is 0 Å². The molecule has 1 aromatic rings. The van der Waals surface area contributed by atoms with Crippen LogP contribution in [0.3, 0.4) is 0 Å². The molecule has 0 heterocycles. The van der Waals surface area contributed by atoms with Crippen LogP contribution in [0.1, 0.15) is 19.4 Å². The Morgan fingerprint density at radius 1 is 1.44 bits per heavy atom. The van der Waals surface area contributed by atoms with E-state index in [0.29, 0.717) is 23.9 Å². The van der Waals surface area contributed by atoms with Crippen molar-refractivity contribution < 1.29 is 4.39 Å². The van der Waals surface area contributed by atoms with Crippen LogP contribution in [0.4, 0.5) is 4.39 Å². The molecule has 0 aliphatic carbocycles. The lowest BCUT2D eigenvalue weighted by atomic mass is 10.1. The Labute approximate surface area is 110 Å². The molecule has 0 aliphatic rings. The van der Waals surface area contributed by atoms with E-state index >= 15 is 0 Å². The number of nitrogens with one attached hydrogen (secondary N) is 1. The normalized spacial score (nSPS) is 14.8. The van der Waals surface area contributed by atoms with Gasteiger partial charge in [-0.25, -0.2) is 4.39 Å². The van der Waals surface area contributed by atoms with E-state index in [2.05, 4.69) is 35.1 Å². The summed E-state index contributed by atoms with van der Waals surface area (Å²) in [6.07, 6.45) is 0. The SMILES string of the molecule is CC(CCl)C(C)NCc1cc(Br)ccc1F. The van der Waals surface area contributed by atoms with Crippen molar-refractivity contribution in [1.82, 2.24) is 5.32 Å². The van der Waals surface area contributed by atoms with Crippen molar-refractivity contribution in [3.63, 3.8) is 0 Å². The molecule has 2 unspecified atom stereocenters. The Morgan fingerprint density at radius 2 is 2.12 bits per heavy atom. The minimum absolute atomic E-state index is 0.179. The average Bonchev–Trinajstić information content (AvgIpc) is 2.28. The molecule has 1 aromatic carbocycles. The lowest BCUT2D eigenvalue weighted by Gasteiger charge is -2.19. The summed E-state index contributed by atoms with van der Waals surface area (Å²) in [7, 11) is 0. The highest BCUT2D eigenvalue weighted by Crippen LogP contribution is 2.16. The number of rotatable bonds is 5. The van der Waals surface area contributed by atoms with Gasteiger partial charge in [0, 0.05) is 28.5 Å². The Balaban J connectivity index is 2.57. The smallest absolute Gasteiger partial charge is 0.127 e. The van der Waals surface area contributed by atoms with Crippen molar-refractivity contribution in [1.29, 1.82) is 0 Å². The van der Waals surface area contributed by atoms with Gasteiger partial charge < -0.3 is 5.32 Å². The first-order chi connectivity index (χ1) is 7.54. The van der Waals surface area contributed by atoms with Crippen LogP contribution in [-0.4, -0.2) is 11.9 Å². The summed E-state index contributed by atoms with van der Waals surface area (Å²) in [5.74, 6) is 0.799. The standard InChI is InChI=1S/C12H16BrClFN/c1-8(6-14)9(2)16-7-10-5-11(13)3-4-12(10)15/h3-5,8-9,16H,6-7H2,1-2H3. The van der Waals surface area contributed by atoms with Crippen LogP contribution in [0.2, 0.25) is 0 Å². The second-order valence-corrected chi connectivity index (χ2v) is 5.26.